The van der Waals surface area contributed by atoms with E-state index in [1.54, 1.807) is 0 Å². The van der Waals surface area contributed by atoms with Gasteiger partial charge < -0.3 is 11.1 Å². The van der Waals surface area contributed by atoms with Crippen LogP contribution in [0.5, 0.6) is 0 Å². The number of unbranched alkanes of at least 4 members (excludes halogenated alkanes) is 3. The van der Waals surface area contributed by atoms with Crippen molar-refractivity contribution in [1.82, 2.24) is 5.32 Å². The summed E-state index contributed by atoms with van der Waals surface area (Å²) in [4.78, 5) is 11.9. The Labute approximate surface area is 134 Å². The van der Waals surface area contributed by atoms with Gasteiger partial charge in [0, 0.05) is 12.1 Å². The van der Waals surface area contributed by atoms with Gasteiger partial charge in [-0.25, -0.2) is 0 Å². The molecule has 0 aliphatic heterocycles. The van der Waals surface area contributed by atoms with Gasteiger partial charge >= 0.3 is 0 Å². The summed E-state index contributed by atoms with van der Waals surface area (Å²) in [5, 5.41) is 3.47. The smallest absolute Gasteiger partial charge is 0.251 e. The molecule has 0 bridgehead atoms. The number of amides is 1. The van der Waals surface area contributed by atoms with Gasteiger partial charge in [-0.15, -0.1) is 0 Å². The Morgan fingerprint density at radius 1 is 1.20 bits per heavy atom. The third-order valence-corrected chi connectivity index (χ3v) is 4.22. The van der Waals surface area contributed by atoms with Crippen LogP contribution in [0.25, 0.3) is 0 Å². The normalized spacial score (nSPS) is 10.6. The van der Waals surface area contributed by atoms with E-state index in [0.29, 0.717) is 27.8 Å². The van der Waals surface area contributed by atoms with Crippen molar-refractivity contribution in [2.24, 2.45) is 0 Å². The number of rotatable bonds is 8. The standard InChI is InChI=1S/C14H20Cl2N2OS/c1-20-7-5-3-2-4-6-18-14(19)10-8-11(15)13(17)12(16)9-10/h8-9H,2-7,17H2,1H3,(H,18,19). The number of carbonyl (C=O) groups is 1. The fourth-order valence-corrected chi connectivity index (χ4v) is 2.72. The van der Waals surface area contributed by atoms with Crippen LogP contribution in [0, 0.1) is 0 Å². The van der Waals surface area contributed by atoms with Crippen molar-refractivity contribution in [1.29, 1.82) is 0 Å². The number of halogens is 2. The van der Waals surface area contributed by atoms with Gasteiger partial charge in [0.1, 0.15) is 0 Å². The van der Waals surface area contributed by atoms with Gasteiger partial charge in [0.2, 0.25) is 0 Å². The summed E-state index contributed by atoms with van der Waals surface area (Å²) in [7, 11) is 0. The minimum Gasteiger partial charge on any atom is -0.396 e. The molecule has 112 valence electrons. The number of hydrogen-bond donors (Lipinski definition) is 2. The van der Waals surface area contributed by atoms with Crippen LogP contribution in [-0.2, 0) is 0 Å². The molecule has 0 aliphatic rings. The Hall–Kier alpha value is -0.580. The molecule has 0 fully saturated rings. The van der Waals surface area contributed by atoms with E-state index < -0.39 is 0 Å². The second-order valence-electron chi connectivity index (χ2n) is 4.52. The molecular formula is C14H20Cl2N2OS. The number of nitrogen functional groups attached to an aromatic ring is 1. The molecule has 0 atom stereocenters. The molecule has 0 saturated carbocycles. The summed E-state index contributed by atoms with van der Waals surface area (Å²) in [6.07, 6.45) is 6.66. The van der Waals surface area contributed by atoms with Crippen molar-refractivity contribution >= 4 is 46.6 Å². The van der Waals surface area contributed by atoms with Gasteiger partial charge in [-0.05, 0) is 37.0 Å². The summed E-state index contributed by atoms with van der Waals surface area (Å²) in [6, 6.07) is 3.08. The van der Waals surface area contributed by atoms with E-state index in [9.17, 15) is 4.79 Å². The average molecular weight is 335 g/mol. The van der Waals surface area contributed by atoms with Crippen LogP contribution < -0.4 is 11.1 Å². The van der Waals surface area contributed by atoms with Gasteiger partial charge in [0.15, 0.2) is 0 Å². The fraction of sp³-hybridized carbons (Fsp3) is 0.500. The van der Waals surface area contributed by atoms with Crippen molar-refractivity contribution in [3.63, 3.8) is 0 Å². The molecule has 1 amide bonds. The van der Waals surface area contributed by atoms with Crippen molar-refractivity contribution in [2.75, 3.05) is 24.3 Å². The van der Waals surface area contributed by atoms with Gasteiger partial charge in [0.05, 0.1) is 15.7 Å². The molecule has 1 rings (SSSR count). The number of thioether (sulfide) groups is 1. The molecule has 20 heavy (non-hydrogen) atoms. The number of carbonyl (C=O) groups excluding carboxylic acids is 1. The molecular weight excluding hydrogens is 315 g/mol. The van der Waals surface area contributed by atoms with Gasteiger partial charge in [-0.3, -0.25) is 4.79 Å². The molecule has 0 aromatic heterocycles. The molecule has 0 aliphatic carbocycles. The lowest BCUT2D eigenvalue weighted by Gasteiger charge is -2.08. The second-order valence-corrected chi connectivity index (χ2v) is 6.32. The first-order chi connectivity index (χ1) is 9.56. The maximum absolute atomic E-state index is 11.9. The maximum atomic E-state index is 11.9. The van der Waals surface area contributed by atoms with Crippen LogP contribution in [0.4, 0.5) is 5.69 Å². The average Bonchev–Trinajstić information content (AvgIpc) is 2.43. The van der Waals surface area contributed by atoms with E-state index in [2.05, 4.69) is 11.6 Å². The third kappa shape index (κ3) is 5.81. The topological polar surface area (TPSA) is 55.1 Å². The van der Waals surface area contributed by atoms with Crippen molar-refractivity contribution in [3.05, 3.63) is 27.7 Å². The van der Waals surface area contributed by atoms with Gasteiger partial charge in [-0.1, -0.05) is 36.0 Å². The Balaban J connectivity index is 2.33. The largest absolute Gasteiger partial charge is 0.396 e. The van der Waals surface area contributed by atoms with Gasteiger partial charge in [-0.2, -0.15) is 11.8 Å². The zero-order valence-electron chi connectivity index (χ0n) is 11.5. The summed E-state index contributed by atoms with van der Waals surface area (Å²) < 4.78 is 0. The number of benzene rings is 1. The zero-order valence-corrected chi connectivity index (χ0v) is 13.9. The van der Waals surface area contributed by atoms with E-state index >= 15 is 0 Å². The van der Waals surface area contributed by atoms with Crippen molar-refractivity contribution in [3.8, 4) is 0 Å². The summed E-state index contributed by atoms with van der Waals surface area (Å²) in [5.41, 5.74) is 6.38. The molecule has 3 nitrogen and oxygen atoms in total. The number of nitrogens with two attached hydrogens (primary N) is 1. The van der Waals surface area contributed by atoms with E-state index in [-0.39, 0.29) is 5.91 Å². The number of anilines is 1. The third-order valence-electron chi connectivity index (χ3n) is 2.90. The molecule has 0 spiro atoms. The number of hydrogen-bond acceptors (Lipinski definition) is 3. The molecule has 1 aromatic carbocycles. The van der Waals surface area contributed by atoms with Crippen LogP contribution in [0.1, 0.15) is 36.0 Å². The first kappa shape index (κ1) is 17.5. The Morgan fingerprint density at radius 3 is 2.40 bits per heavy atom. The predicted octanol–water partition coefficient (Wildman–Crippen LogP) is 4.23. The Morgan fingerprint density at radius 2 is 1.80 bits per heavy atom. The molecule has 0 saturated heterocycles. The van der Waals surface area contributed by atoms with Crippen LogP contribution in [0.2, 0.25) is 10.0 Å². The molecule has 1 aromatic rings. The quantitative estimate of drug-likeness (QED) is 0.552. The van der Waals surface area contributed by atoms with E-state index in [1.807, 2.05) is 11.8 Å². The van der Waals surface area contributed by atoms with Crippen molar-refractivity contribution < 1.29 is 4.79 Å². The minimum atomic E-state index is -0.169. The minimum absolute atomic E-state index is 0.169. The molecule has 0 heterocycles. The SMILES string of the molecule is CSCCCCCCNC(=O)c1cc(Cl)c(N)c(Cl)c1. The Bertz CT molecular complexity index is 432. The van der Waals surface area contributed by atoms with Gasteiger partial charge in [0.25, 0.3) is 5.91 Å². The Kier molecular flexibility index (Phi) is 8.19. The first-order valence-corrected chi connectivity index (χ1v) is 8.73. The monoisotopic (exact) mass is 334 g/mol. The molecule has 6 heteroatoms. The van der Waals surface area contributed by atoms with Crippen LogP contribution >= 0.6 is 35.0 Å². The van der Waals surface area contributed by atoms with Crippen LogP contribution in [0.3, 0.4) is 0 Å². The first-order valence-electron chi connectivity index (χ1n) is 6.58. The highest BCUT2D eigenvalue weighted by Gasteiger charge is 2.10. The van der Waals surface area contributed by atoms with E-state index in [4.69, 9.17) is 28.9 Å². The van der Waals surface area contributed by atoms with Crippen LogP contribution in [0.15, 0.2) is 12.1 Å². The highest BCUT2D eigenvalue weighted by Crippen LogP contribution is 2.28. The molecule has 3 N–H and O–H groups in total. The lowest BCUT2D eigenvalue weighted by molar-refractivity contribution is 0.0953. The zero-order chi connectivity index (χ0) is 15.0. The second kappa shape index (κ2) is 9.37. The predicted molar refractivity (Wildman–Crippen MR) is 90.1 cm³/mol. The summed E-state index contributed by atoms with van der Waals surface area (Å²) in [6.45, 7) is 0.664. The summed E-state index contributed by atoms with van der Waals surface area (Å²) in [5.74, 6) is 1.03. The van der Waals surface area contributed by atoms with Crippen molar-refractivity contribution in [2.45, 2.75) is 25.7 Å². The highest BCUT2D eigenvalue weighted by atomic mass is 35.5. The molecule has 0 unspecified atom stereocenters. The van der Waals surface area contributed by atoms with Crippen LogP contribution in [-0.4, -0.2) is 24.5 Å². The van der Waals surface area contributed by atoms with E-state index in [0.717, 1.165) is 12.8 Å². The lowest BCUT2D eigenvalue weighted by Crippen LogP contribution is -2.24. The summed E-state index contributed by atoms with van der Waals surface area (Å²) >= 11 is 13.7. The number of nitrogens with one attached hydrogen (secondary N) is 1. The lowest BCUT2D eigenvalue weighted by atomic mass is 10.1. The maximum Gasteiger partial charge on any atom is 0.251 e. The van der Waals surface area contributed by atoms with E-state index in [1.165, 1.54) is 30.7 Å². The highest BCUT2D eigenvalue weighted by molar-refractivity contribution is 7.98. The fourth-order valence-electron chi connectivity index (χ4n) is 1.74. The molecule has 0 radical (unpaired) electrons.